The van der Waals surface area contributed by atoms with Gasteiger partial charge in [-0.05, 0) is 66.8 Å². The number of aromatic amines is 1. The number of hydrogen-bond donors (Lipinski definition) is 2. The van der Waals surface area contributed by atoms with Crippen molar-refractivity contribution in [3.05, 3.63) is 101 Å². The first kappa shape index (κ1) is 22.5. The van der Waals surface area contributed by atoms with E-state index >= 15 is 0 Å². The Morgan fingerprint density at radius 3 is 2.68 bits per heavy atom. The van der Waals surface area contributed by atoms with Gasteiger partial charge in [0, 0.05) is 42.4 Å². The highest BCUT2D eigenvalue weighted by Gasteiger charge is 2.24. The third-order valence-electron chi connectivity index (χ3n) is 7.11. The lowest BCUT2D eigenvalue weighted by molar-refractivity contribution is 0.0993. The van der Waals surface area contributed by atoms with Gasteiger partial charge in [-0.2, -0.15) is 0 Å². The summed E-state index contributed by atoms with van der Waals surface area (Å²) in [6.45, 7) is 2.62. The zero-order chi connectivity index (χ0) is 23.5. The minimum absolute atomic E-state index is 0.0445. The number of hydrogen-bond acceptors (Lipinski definition) is 3. The molecule has 4 aromatic rings. The number of H-pyrrole nitrogens is 1. The van der Waals surface area contributed by atoms with Crippen LogP contribution in [0.4, 0.5) is 4.39 Å². The summed E-state index contributed by atoms with van der Waals surface area (Å²) in [5.74, 6) is 0.0504. The number of halogens is 1. The lowest BCUT2D eigenvalue weighted by atomic mass is 9.82. The Hall–Kier alpha value is -3.31. The van der Waals surface area contributed by atoms with Gasteiger partial charge in [0.1, 0.15) is 11.5 Å². The highest BCUT2D eigenvalue weighted by Crippen LogP contribution is 2.34. The first-order chi connectivity index (χ1) is 16.6. The van der Waals surface area contributed by atoms with Gasteiger partial charge in [-0.25, -0.2) is 9.37 Å². The van der Waals surface area contributed by atoms with Crippen LogP contribution in [0.2, 0.25) is 0 Å². The third kappa shape index (κ3) is 4.80. The van der Waals surface area contributed by atoms with Gasteiger partial charge >= 0.3 is 0 Å². The number of pyridine rings is 1. The second-order valence-electron chi connectivity index (χ2n) is 9.43. The number of rotatable bonds is 7. The summed E-state index contributed by atoms with van der Waals surface area (Å²) in [5.41, 5.74) is 4.78. The van der Waals surface area contributed by atoms with Crippen molar-refractivity contribution >= 4 is 16.8 Å². The van der Waals surface area contributed by atoms with Crippen molar-refractivity contribution in [2.24, 2.45) is 0 Å². The largest absolute Gasteiger partial charge is 0.345 e. The number of nitrogens with zero attached hydrogens (tertiary/aromatic N) is 1. The molecular formula is C29H30FN3O. The lowest BCUT2D eigenvalue weighted by Crippen LogP contribution is -2.32. The van der Waals surface area contributed by atoms with Gasteiger partial charge in [0.25, 0.3) is 0 Å². The second-order valence-corrected chi connectivity index (χ2v) is 9.43. The highest BCUT2D eigenvalue weighted by atomic mass is 19.1. The molecule has 2 heterocycles. The van der Waals surface area contributed by atoms with Crippen LogP contribution in [-0.2, 0) is 13.0 Å². The van der Waals surface area contributed by atoms with Crippen LogP contribution in [0.15, 0.2) is 67.0 Å². The summed E-state index contributed by atoms with van der Waals surface area (Å²) < 4.78 is 14.4. The summed E-state index contributed by atoms with van der Waals surface area (Å²) in [5, 5.41) is 4.53. The number of benzene rings is 2. The van der Waals surface area contributed by atoms with Crippen LogP contribution in [0.25, 0.3) is 11.0 Å². The smallest absolute Gasteiger partial charge is 0.169 e. The number of ketones is 1. The molecular weight excluding hydrogens is 425 g/mol. The van der Waals surface area contributed by atoms with Gasteiger partial charge in [0.15, 0.2) is 5.78 Å². The summed E-state index contributed by atoms with van der Waals surface area (Å²) in [7, 11) is 0. The van der Waals surface area contributed by atoms with Crippen LogP contribution in [0.3, 0.4) is 0 Å². The van der Waals surface area contributed by atoms with E-state index in [-0.39, 0.29) is 18.0 Å². The van der Waals surface area contributed by atoms with Crippen molar-refractivity contribution < 1.29 is 9.18 Å². The fourth-order valence-corrected chi connectivity index (χ4v) is 5.08. The van der Waals surface area contributed by atoms with Crippen molar-refractivity contribution in [3.8, 4) is 0 Å². The van der Waals surface area contributed by atoms with Crippen LogP contribution >= 0.6 is 0 Å². The number of aromatic nitrogens is 2. The zero-order valence-electron chi connectivity index (χ0n) is 19.5. The Morgan fingerprint density at radius 2 is 1.88 bits per heavy atom. The molecule has 2 N–H and O–H groups in total. The van der Waals surface area contributed by atoms with Crippen LogP contribution in [0.1, 0.15) is 64.2 Å². The van der Waals surface area contributed by atoms with Gasteiger partial charge < -0.3 is 10.3 Å². The van der Waals surface area contributed by atoms with Crippen molar-refractivity contribution in [3.63, 3.8) is 0 Å². The molecule has 0 spiro atoms. The molecule has 1 aliphatic carbocycles. The molecule has 1 saturated carbocycles. The topological polar surface area (TPSA) is 57.8 Å². The summed E-state index contributed by atoms with van der Waals surface area (Å²) >= 11 is 0. The van der Waals surface area contributed by atoms with Gasteiger partial charge in [-0.1, -0.05) is 48.5 Å². The molecule has 1 fully saturated rings. The van der Waals surface area contributed by atoms with Crippen molar-refractivity contribution in [1.29, 1.82) is 0 Å². The predicted octanol–water partition coefficient (Wildman–Crippen LogP) is 6.25. The average molecular weight is 456 g/mol. The minimum Gasteiger partial charge on any atom is -0.345 e. The van der Waals surface area contributed by atoms with E-state index < -0.39 is 0 Å². The fourth-order valence-electron chi connectivity index (χ4n) is 5.08. The summed E-state index contributed by atoms with van der Waals surface area (Å²) in [4.78, 5) is 20.8. The second kappa shape index (κ2) is 9.90. The summed E-state index contributed by atoms with van der Waals surface area (Å²) in [6, 6.07) is 18.3. The molecule has 0 atom stereocenters. The first-order valence-corrected chi connectivity index (χ1v) is 12.1. The molecule has 0 aliphatic heterocycles. The van der Waals surface area contributed by atoms with Crippen LogP contribution in [0.5, 0.6) is 0 Å². The van der Waals surface area contributed by atoms with E-state index in [1.54, 1.807) is 31.3 Å². The molecule has 5 rings (SSSR count). The molecule has 174 valence electrons. The Bertz CT molecular complexity index is 1290. The molecule has 2 aromatic carbocycles. The van der Waals surface area contributed by atoms with Gasteiger partial charge in [-0.3, -0.25) is 4.79 Å². The van der Waals surface area contributed by atoms with Gasteiger partial charge in [-0.15, -0.1) is 0 Å². The highest BCUT2D eigenvalue weighted by molar-refractivity contribution is 6.08. The quantitative estimate of drug-likeness (QED) is 0.324. The summed E-state index contributed by atoms with van der Waals surface area (Å²) in [6.07, 6.45) is 8.15. The van der Waals surface area contributed by atoms with Gasteiger partial charge in [0.05, 0.1) is 0 Å². The molecule has 4 nitrogen and oxygen atoms in total. The van der Waals surface area contributed by atoms with Crippen LogP contribution < -0.4 is 5.32 Å². The number of aryl methyl sites for hydroxylation is 1. The van der Waals surface area contributed by atoms with E-state index in [4.69, 9.17) is 0 Å². The molecule has 5 heteroatoms. The van der Waals surface area contributed by atoms with Gasteiger partial charge in [0.2, 0.25) is 0 Å². The Morgan fingerprint density at radius 1 is 1.09 bits per heavy atom. The maximum atomic E-state index is 14.4. The number of carbonyl (C=O) groups is 1. The molecule has 0 radical (unpaired) electrons. The Kier molecular flexibility index (Phi) is 6.54. The van der Waals surface area contributed by atoms with Crippen molar-refractivity contribution in [2.75, 3.05) is 0 Å². The molecule has 1 aliphatic rings. The molecule has 0 bridgehead atoms. The van der Waals surface area contributed by atoms with Crippen molar-refractivity contribution in [2.45, 2.75) is 57.5 Å². The van der Waals surface area contributed by atoms with E-state index in [1.165, 1.54) is 11.1 Å². The normalized spacial score (nSPS) is 18.3. The number of carbonyl (C=O) groups excluding carboxylic acids is 1. The fraction of sp³-hybridized carbons (Fsp3) is 0.310. The molecule has 0 saturated heterocycles. The van der Waals surface area contributed by atoms with E-state index in [0.29, 0.717) is 34.3 Å². The predicted molar refractivity (Wildman–Crippen MR) is 134 cm³/mol. The maximum Gasteiger partial charge on any atom is 0.169 e. The Labute approximate surface area is 199 Å². The van der Waals surface area contributed by atoms with E-state index in [2.05, 4.69) is 45.6 Å². The molecule has 0 unspecified atom stereocenters. The number of Topliss-reactive ketones (excluding diaryl/α,β-unsaturated/α-hetero) is 1. The lowest BCUT2D eigenvalue weighted by Gasteiger charge is -2.29. The van der Waals surface area contributed by atoms with Crippen LogP contribution in [0, 0.1) is 12.7 Å². The Balaban J connectivity index is 1.26. The van der Waals surface area contributed by atoms with Crippen molar-refractivity contribution in [1.82, 2.24) is 15.3 Å². The average Bonchev–Trinajstić information content (AvgIpc) is 3.30. The van der Waals surface area contributed by atoms with E-state index in [9.17, 15) is 9.18 Å². The molecule has 0 amide bonds. The SMILES string of the molecule is Cc1cccc(CC(=O)c2c[nH]c3ncc(C4CCC(NCc5ccccc5)CC4)cc23)c1F. The van der Waals surface area contributed by atoms with Crippen LogP contribution in [-0.4, -0.2) is 21.8 Å². The van der Waals surface area contributed by atoms with E-state index in [0.717, 1.165) is 37.6 Å². The maximum absolute atomic E-state index is 14.4. The third-order valence-corrected chi connectivity index (χ3v) is 7.11. The number of nitrogens with one attached hydrogen (secondary N) is 2. The molecule has 2 aromatic heterocycles. The molecule has 34 heavy (non-hydrogen) atoms. The van der Waals surface area contributed by atoms with E-state index in [1.807, 2.05) is 12.3 Å². The monoisotopic (exact) mass is 455 g/mol. The minimum atomic E-state index is -0.299. The number of fused-ring (bicyclic) bond motifs is 1. The zero-order valence-corrected chi connectivity index (χ0v) is 19.5. The first-order valence-electron chi connectivity index (χ1n) is 12.1. The standard InChI is InChI=1S/C29H30FN3O/c1-19-6-5-9-22(28(19)30)15-27(34)26-18-33-29-25(26)14-23(17-32-29)21-10-12-24(13-11-21)31-16-20-7-3-2-4-8-20/h2-9,14,17-18,21,24,31H,10-13,15-16H2,1H3,(H,32,33).